The van der Waals surface area contributed by atoms with E-state index in [-0.39, 0.29) is 11.5 Å². The number of ether oxygens (including phenoxy) is 2. The highest BCUT2D eigenvalue weighted by Crippen LogP contribution is 2.32. The molecule has 0 amide bonds. The summed E-state index contributed by atoms with van der Waals surface area (Å²) in [7, 11) is 0. The van der Waals surface area contributed by atoms with Crippen LogP contribution in [0.15, 0.2) is 36.9 Å². The lowest BCUT2D eigenvalue weighted by Gasteiger charge is -2.12. The van der Waals surface area contributed by atoms with Crippen LogP contribution in [0.1, 0.15) is 17.0 Å². The van der Waals surface area contributed by atoms with Crippen molar-refractivity contribution in [2.75, 3.05) is 6.61 Å². The number of fused-ring (bicyclic) bond motifs is 1. The molecule has 0 saturated carbocycles. The number of nitrogens with zero attached hydrogens (tertiary/aromatic N) is 4. The number of aryl methyl sites for hydroxylation is 1. The maximum Gasteiger partial charge on any atom is 0.453 e. The van der Waals surface area contributed by atoms with Gasteiger partial charge in [-0.15, -0.1) is 15.3 Å². The van der Waals surface area contributed by atoms with Crippen molar-refractivity contribution in [2.24, 2.45) is 0 Å². The topological polar surface area (TPSA) is 61.5 Å². The summed E-state index contributed by atoms with van der Waals surface area (Å²) < 4.78 is 50.9. The van der Waals surface area contributed by atoms with E-state index in [1.54, 1.807) is 44.2 Å². The number of halogens is 3. The first-order valence-corrected chi connectivity index (χ1v) is 7.62. The van der Waals surface area contributed by atoms with Gasteiger partial charge in [0.15, 0.2) is 5.65 Å². The van der Waals surface area contributed by atoms with Gasteiger partial charge in [-0.3, -0.25) is 0 Å². The number of rotatable bonds is 5. The van der Waals surface area contributed by atoms with Crippen LogP contribution < -0.4 is 9.47 Å². The third-order valence-electron chi connectivity index (χ3n) is 3.71. The highest BCUT2D eigenvalue weighted by Gasteiger charge is 2.38. The molecule has 0 fully saturated rings. The molecule has 2 heterocycles. The average Bonchev–Trinajstić information content (AvgIpc) is 3.03. The molecule has 3 rings (SSSR count). The first kappa shape index (κ1) is 17.7. The van der Waals surface area contributed by atoms with E-state index >= 15 is 0 Å². The van der Waals surface area contributed by atoms with Crippen LogP contribution in [0.4, 0.5) is 13.2 Å². The highest BCUT2D eigenvalue weighted by atomic mass is 19.4. The first-order chi connectivity index (χ1) is 12.3. The zero-order chi connectivity index (χ0) is 18.9. The maximum absolute atomic E-state index is 13.1. The predicted molar refractivity (Wildman–Crippen MR) is 87.5 cm³/mol. The van der Waals surface area contributed by atoms with Crippen molar-refractivity contribution < 1.29 is 22.6 Å². The van der Waals surface area contributed by atoms with Crippen LogP contribution in [-0.4, -0.2) is 26.4 Å². The van der Waals surface area contributed by atoms with Crippen molar-refractivity contribution in [1.29, 1.82) is 0 Å². The van der Waals surface area contributed by atoms with Gasteiger partial charge < -0.3 is 9.47 Å². The van der Waals surface area contributed by atoms with Crippen molar-refractivity contribution in [3.63, 3.8) is 0 Å². The minimum Gasteiger partial charge on any atom is -0.490 e. The van der Waals surface area contributed by atoms with Crippen molar-refractivity contribution in [3.8, 4) is 17.4 Å². The summed E-state index contributed by atoms with van der Waals surface area (Å²) >= 11 is 0. The summed E-state index contributed by atoms with van der Waals surface area (Å²) in [5, 5.41) is 10.7. The Morgan fingerprint density at radius 3 is 2.35 bits per heavy atom. The zero-order valence-electron chi connectivity index (χ0n) is 14.0. The fraction of sp³-hybridized carbons (Fsp3) is 0.235. The molecular weight excluding hydrogens is 349 g/mol. The summed E-state index contributed by atoms with van der Waals surface area (Å²) in [5.41, 5.74) is 1.12. The Morgan fingerprint density at radius 1 is 1.08 bits per heavy atom. The van der Waals surface area contributed by atoms with Crippen LogP contribution in [0.2, 0.25) is 0 Å². The van der Waals surface area contributed by atoms with E-state index in [1.165, 1.54) is 0 Å². The molecule has 0 spiro atoms. The summed E-state index contributed by atoms with van der Waals surface area (Å²) in [4.78, 5) is 0. The zero-order valence-corrected chi connectivity index (χ0v) is 14.0. The van der Waals surface area contributed by atoms with Gasteiger partial charge in [0.05, 0.1) is 0 Å². The van der Waals surface area contributed by atoms with E-state index in [0.717, 1.165) is 0 Å². The summed E-state index contributed by atoms with van der Waals surface area (Å²) in [6.07, 6.45) is -3.05. The van der Waals surface area contributed by atoms with Crippen molar-refractivity contribution in [3.05, 3.63) is 53.9 Å². The standard InChI is InChI=1S/C17H15F3N4O2/c1-4-9-25-12-5-7-13(8-6-12)26-15-11(3)10(2)14-21-22-16(17(18,19)20)24(14)23-15/h4-8H,1,9H2,2-3H3. The fourth-order valence-corrected chi connectivity index (χ4v) is 2.25. The first-order valence-electron chi connectivity index (χ1n) is 7.62. The number of aromatic nitrogens is 4. The normalized spacial score (nSPS) is 11.6. The lowest BCUT2D eigenvalue weighted by atomic mass is 10.2. The Bertz CT molecular complexity index is 949. The molecular formula is C17H15F3N4O2. The molecule has 0 bridgehead atoms. The molecule has 136 valence electrons. The second kappa shape index (κ2) is 6.66. The monoisotopic (exact) mass is 364 g/mol. The predicted octanol–water partition coefficient (Wildman–Crippen LogP) is 4.12. The smallest absolute Gasteiger partial charge is 0.453 e. The molecule has 0 aliphatic rings. The molecule has 9 heteroatoms. The maximum atomic E-state index is 13.1. The van der Waals surface area contributed by atoms with E-state index < -0.39 is 12.0 Å². The summed E-state index contributed by atoms with van der Waals surface area (Å²) in [6, 6.07) is 6.63. The van der Waals surface area contributed by atoms with Crippen LogP contribution in [0.25, 0.3) is 5.65 Å². The Morgan fingerprint density at radius 2 is 1.73 bits per heavy atom. The van der Waals surface area contributed by atoms with Gasteiger partial charge in [0.1, 0.15) is 18.1 Å². The molecule has 6 nitrogen and oxygen atoms in total. The minimum atomic E-state index is -4.67. The summed E-state index contributed by atoms with van der Waals surface area (Å²) in [5.74, 6) is -0.132. The Balaban J connectivity index is 1.97. The van der Waals surface area contributed by atoms with Gasteiger partial charge in [0.25, 0.3) is 5.82 Å². The fourth-order valence-electron chi connectivity index (χ4n) is 2.25. The molecule has 0 unspecified atom stereocenters. The van der Waals surface area contributed by atoms with E-state index in [1.807, 2.05) is 0 Å². The highest BCUT2D eigenvalue weighted by molar-refractivity contribution is 5.53. The van der Waals surface area contributed by atoms with Gasteiger partial charge in [-0.25, -0.2) is 0 Å². The Hall–Kier alpha value is -3.10. The van der Waals surface area contributed by atoms with Crippen LogP contribution in [0, 0.1) is 13.8 Å². The molecule has 1 aromatic carbocycles. The lowest BCUT2D eigenvalue weighted by Crippen LogP contribution is -2.13. The molecule has 26 heavy (non-hydrogen) atoms. The van der Waals surface area contributed by atoms with Crippen LogP contribution in [0.3, 0.4) is 0 Å². The van der Waals surface area contributed by atoms with Crippen LogP contribution in [0.5, 0.6) is 17.4 Å². The minimum absolute atomic E-state index is 0.0374. The average molecular weight is 364 g/mol. The quantitative estimate of drug-likeness (QED) is 0.638. The van der Waals surface area contributed by atoms with Crippen LogP contribution >= 0.6 is 0 Å². The van der Waals surface area contributed by atoms with E-state index in [2.05, 4.69) is 21.9 Å². The van der Waals surface area contributed by atoms with Crippen molar-refractivity contribution >= 4 is 5.65 Å². The van der Waals surface area contributed by atoms with E-state index in [9.17, 15) is 13.2 Å². The van der Waals surface area contributed by atoms with Gasteiger partial charge in [-0.2, -0.15) is 17.7 Å². The van der Waals surface area contributed by atoms with Gasteiger partial charge >= 0.3 is 6.18 Å². The Labute approximate surface area is 146 Å². The van der Waals surface area contributed by atoms with E-state index in [4.69, 9.17) is 9.47 Å². The SMILES string of the molecule is C=CCOc1ccc(Oc2nn3c(C(F)(F)F)nnc3c(C)c2C)cc1. The van der Waals surface area contributed by atoms with Gasteiger partial charge in [0.2, 0.25) is 5.88 Å². The molecule has 2 aromatic heterocycles. The molecule has 0 saturated heterocycles. The molecule has 0 radical (unpaired) electrons. The third kappa shape index (κ3) is 3.32. The lowest BCUT2D eigenvalue weighted by molar-refractivity contribution is -0.146. The molecule has 0 N–H and O–H groups in total. The number of alkyl halides is 3. The van der Waals surface area contributed by atoms with Gasteiger partial charge in [0, 0.05) is 11.1 Å². The van der Waals surface area contributed by atoms with Gasteiger partial charge in [-0.05, 0) is 38.1 Å². The number of hydrogen-bond acceptors (Lipinski definition) is 5. The van der Waals surface area contributed by atoms with Crippen molar-refractivity contribution in [1.82, 2.24) is 19.8 Å². The number of benzene rings is 1. The molecule has 0 aliphatic heterocycles. The second-order valence-electron chi connectivity index (χ2n) is 5.49. The largest absolute Gasteiger partial charge is 0.490 e. The third-order valence-corrected chi connectivity index (χ3v) is 3.71. The molecule has 0 atom stereocenters. The van der Waals surface area contributed by atoms with Crippen LogP contribution in [-0.2, 0) is 6.18 Å². The van der Waals surface area contributed by atoms with Gasteiger partial charge in [-0.1, -0.05) is 12.7 Å². The van der Waals surface area contributed by atoms with E-state index in [0.29, 0.717) is 33.7 Å². The Kier molecular flexibility index (Phi) is 4.54. The number of hydrogen-bond donors (Lipinski definition) is 0. The molecule has 0 aliphatic carbocycles. The summed E-state index contributed by atoms with van der Waals surface area (Å²) in [6.45, 7) is 7.26. The van der Waals surface area contributed by atoms with Crippen molar-refractivity contribution in [2.45, 2.75) is 20.0 Å². The second-order valence-corrected chi connectivity index (χ2v) is 5.49. The molecule has 3 aromatic rings.